The van der Waals surface area contributed by atoms with Crippen molar-refractivity contribution < 1.29 is 19.1 Å². The Morgan fingerprint density at radius 2 is 1.75 bits per heavy atom. The van der Waals surface area contributed by atoms with E-state index in [2.05, 4.69) is 6.58 Å². The van der Waals surface area contributed by atoms with Crippen LogP contribution in [0.4, 0.5) is 4.39 Å². The summed E-state index contributed by atoms with van der Waals surface area (Å²) in [6.07, 6.45) is -0.0304. The van der Waals surface area contributed by atoms with Crippen LogP contribution in [-0.2, 0) is 4.79 Å². The molecule has 0 atom stereocenters. The molecule has 0 amide bonds. The zero-order valence-electron chi connectivity index (χ0n) is 8.57. The first-order valence-electron chi connectivity index (χ1n) is 4.70. The molecular formula is C12H11FO3. The Kier molecular flexibility index (Phi) is 3.94. The number of hydrogen-bond donors (Lipinski definition) is 1. The van der Waals surface area contributed by atoms with Crippen molar-refractivity contribution in [1.29, 1.82) is 0 Å². The van der Waals surface area contributed by atoms with E-state index in [1.807, 2.05) is 0 Å². The van der Waals surface area contributed by atoms with Crippen LogP contribution in [0.5, 0.6) is 0 Å². The van der Waals surface area contributed by atoms with Crippen molar-refractivity contribution in [2.75, 3.05) is 0 Å². The average molecular weight is 222 g/mol. The molecule has 1 aromatic carbocycles. The lowest BCUT2D eigenvalue weighted by Gasteiger charge is -2.03. The Morgan fingerprint density at radius 1 is 1.19 bits per heavy atom. The number of Topliss-reactive ketones (excluding diaryl/α,β-unsaturated/α-hetero) is 1. The third-order valence-electron chi connectivity index (χ3n) is 2.07. The first-order valence-corrected chi connectivity index (χ1v) is 4.70. The Balaban J connectivity index is 2.67. The molecule has 16 heavy (non-hydrogen) atoms. The van der Waals surface area contributed by atoms with Crippen LogP contribution in [0.15, 0.2) is 36.4 Å². The number of ketones is 1. The number of carbonyl (C=O) groups excluding carboxylic acids is 1. The van der Waals surface area contributed by atoms with Gasteiger partial charge in [-0.05, 0) is 36.3 Å². The molecule has 4 heteroatoms. The van der Waals surface area contributed by atoms with Gasteiger partial charge in [-0.25, -0.2) is 4.39 Å². The summed E-state index contributed by atoms with van der Waals surface area (Å²) in [6, 6.07) is 5.06. The highest BCUT2D eigenvalue weighted by Gasteiger charge is 2.11. The lowest BCUT2D eigenvalue weighted by atomic mass is 10.0. The zero-order valence-corrected chi connectivity index (χ0v) is 8.57. The topological polar surface area (TPSA) is 54.4 Å². The molecule has 0 fully saturated rings. The van der Waals surface area contributed by atoms with Crippen LogP contribution >= 0.6 is 0 Å². The van der Waals surface area contributed by atoms with Gasteiger partial charge in [-0.15, -0.1) is 0 Å². The van der Waals surface area contributed by atoms with Crippen molar-refractivity contribution >= 4 is 11.8 Å². The molecule has 0 saturated carbocycles. The van der Waals surface area contributed by atoms with Gasteiger partial charge in [0.15, 0.2) is 5.78 Å². The fraction of sp³-hybridized carbons (Fsp3) is 0.167. The third-order valence-corrected chi connectivity index (χ3v) is 2.07. The van der Waals surface area contributed by atoms with Gasteiger partial charge < -0.3 is 5.11 Å². The molecule has 0 saturated heterocycles. The molecule has 0 aliphatic rings. The maximum atomic E-state index is 12.6. The molecule has 1 N–H and O–H groups in total. The van der Waals surface area contributed by atoms with Crippen molar-refractivity contribution in [2.24, 2.45) is 0 Å². The molecule has 0 bridgehead atoms. The summed E-state index contributed by atoms with van der Waals surface area (Å²) in [5.74, 6) is -1.75. The number of carboxylic acids is 1. The summed E-state index contributed by atoms with van der Waals surface area (Å²) >= 11 is 0. The Bertz CT molecular complexity index is 420. The Hall–Kier alpha value is -1.97. The molecule has 0 spiro atoms. The van der Waals surface area contributed by atoms with Crippen LogP contribution in [0.25, 0.3) is 0 Å². The molecule has 0 heterocycles. The van der Waals surface area contributed by atoms with Gasteiger partial charge >= 0.3 is 5.97 Å². The molecule has 0 radical (unpaired) electrons. The van der Waals surface area contributed by atoms with E-state index >= 15 is 0 Å². The Labute approximate surface area is 92.2 Å². The van der Waals surface area contributed by atoms with Crippen molar-refractivity contribution in [2.45, 2.75) is 12.8 Å². The molecule has 84 valence electrons. The van der Waals surface area contributed by atoms with Crippen molar-refractivity contribution in [3.63, 3.8) is 0 Å². The number of carbonyl (C=O) groups is 2. The fourth-order valence-corrected chi connectivity index (χ4v) is 1.18. The molecule has 0 unspecified atom stereocenters. The second kappa shape index (κ2) is 5.21. The van der Waals surface area contributed by atoms with Crippen molar-refractivity contribution in [3.8, 4) is 0 Å². The van der Waals surface area contributed by atoms with E-state index in [4.69, 9.17) is 5.11 Å². The van der Waals surface area contributed by atoms with E-state index in [0.717, 1.165) is 0 Å². The van der Waals surface area contributed by atoms with Gasteiger partial charge in [0.1, 0.15) is 5.82 Å². The zero-order chi connectivity index (χ0) is 12.1. The number of aliphatic carboxylic acids is 1. The lowest BCUT2D eigenvalue weighted by Crippen LogP contribution is -2.05. The summed E-state index contributed by atoms with van der Waals surface area (Å²) in [6.45, 7) is 3.52. The maximum Gasteiger partial charge on any atom is 0.303 e. The number of halogens is 1. The average Bonchev–Trinajstić information content (AvgIpc) is 2.26. The first kappa shape index (κ1) is 12.1. The van der Waals surface area contributed by atoms with E-state index in [0.29, 0.717) is 5.56 Å². The van der Waals surface area contributed by atoms with Gasteiger partial charge in [0, 0.05) is 12.0 Å². The van der Waals surface area contributed by atoms with Gasteiger partial charge in [-0.2, -0.15) is 0 Å². The van der Waals surface area contributed by atoms with Crippen LogP contribution in [0.3, 0.4) is 0 Å². The predicted octanol–water partition coefficient (Wildman–Crippen LogP) is 2.43. The van der Waals surface area contributed by atoms with Crippen molar-refractivity contribution in [3.05, 3.63) is 47.8 Å². The maximum absolute atomic E-state index is 12.6. The fourth-order valence-electron chi connectivity index (χ4n) is 1.18. The van der Waals surface area contributed by atoms with Crippen LogP contribution < -0.4 is 0 Å². The van der Waals surface area contributed by atoms with E-state index in [-0.39, 0.29) is 24.2 Å². The van der Waals surface area contributed by atoms with Crippen LogP contribution in [0.1, 0.15) is 23.2 Å². The smallest absolute Gasteiger partial charge is 0.303 e. The lowest BCUT2D eigenvalue weighted by molar-refractivity contribution is -0.136. The predicted molar refractivity (Wildman–Crippen MR) is 56.7 cm³/mol. The van der Waals surface area contributed by atoms with Gasteiger partial charge in [0.2, 0.25) is 0 Å². The standard InChI is InChI=1S/C12H11FO3/c1-8(2-7-11(14)15)12(16)9-3-5-10(13)6-4-9/h3-6H,1-2,7H2,(H,14,15). The molecule has 3 nitrogen and oxygen atoms in total. The molecule has 1 aromatic rings. The van der Waals surface area contributed by atoms with Crippen LogP contribution in [0, 0.1) is 5.82 Å². The van der Waals surface area contributed by atoms with E-state index in [9.17, 15) is 14.0 Å². The van der Waals surface area contributed by atoms with Crippen LogP contribution in [-0.4, -0.2) is 16.9 Å². The van der Waals surface area contributed by atoms with E-state index in [1.54, 1.807) is 0 Å². The molecule has 0 aliphatic carbocycles. The monoisotopic (exact) mass is 222 g/mol. The highest BCUT2D eigenvalue weighted by molar-refractivity contribution is 6.08. The summed E-state index contributed by atoms with van der Waals surface area (Å²) in [4.78, 5) is 22.0. The molecular weight excluding hydrogens is 211 g/mol. The first-order chi connectivity index (χ1) is 7.50. The summed E-state index contributed by atoms with van der Waals surface area (Å²) in [7, 11) is 0. The molecule has 0 aromatic heterocycles. The number of benzene rings is 1. The minimum atomic E-state index is -0.979. The van der Waals surface area contributed by atoms with Crippen molar-refractivity contribution in [1.82, 2.24) is 0 Å². The summed E-state index contributed by atoms with van der Waals surface area (Å²) < 4.78 is 12.6. The third kappa shape index (κ3) is 3.31. The molecule has 0 aliphatic heterocycles. The van der Waals surface area contributed by atoms with Crippen LogP contribution in [0.2, 0.25) is 0 Å². The van der Waals surface area contributed by atoms with Gasteiger partial charge in [-0.3, -0.25) is 9.59 Å². The van der Waals surface area contributed by atoms with E-state index in [1.165, 1.54) is 24.3 Å². The highest BCUT2D eigenvalue weighted by Crippen LogP contribution is 2.12. The quantitative estimate of drug-likeness (QED) is 0.614. The second-order valence-corrected chi connectivity index (χ2v) is 3.33. The largest absolute Gasteiger partial charge is 0.481 e. The highest BCUT2D eigenvalue weighted by atomic mass is 19.1. The summed E-state index contributed by atoms with van der Waals surface area (Å²) in [5.41, 5.74) is 0.533. The van der Waals surface area contributed by atoms with Gasteiger partial charge in [-0.1, -0.05) is 6.58 Å². The SMILES string of the molecule is C=C(CCC(=O)O)C(=O)c1ccc(F)cc1. The number of allylic oxidation sites excluding steroid dienone is 1. The Morgan fingerprint density at radius 3 is 2.25 bits per heavy atom. The summed E-state index contributed by atoms with van der Waals surface area (Å²) in [5, 5.41) is 8.45. The number of rotatable bonds is 5. The number of hydrogen-bond acceptors (Lipinski definition) is 2. The van der Waals surface area contributed by atoms with E-state index < -0.39 is 11.8 Å². The normalized spacial score (nSPS) is 9.81. The second-order valence-electron chi connectivity index (χ2n) is 3.33. The van der Waals surface area contributed by atoms with Gasteiger partial charge in [0.25, 0.3) is 0 Å². The number of carboxylic acid groups (broad SMARTS) is 1. The minimum Gasteiger partial charge on any atom is -0.481 e. The van der Waals surface area contributed by atoms with Gasteiger partial charge in [0.05, 0.1) is 0 Å². The molecule has 1 rings (SSSR count). The minimum absolute atomic E-state index is 0.103.